The number of halogens is 1. The van der Waals surface area contributed by atoms with Crippen molar-refractivity contribution in [2.24, 2.45) is 0 Å². The van der Waals surface area contributed by atoms with Crippen LogP contribution in [0.5, 0.6) is 0 Å². The predicted octanol–water partition coefficient (Wildman–Crippen LogP) is 5.06. The summed E-state index contributed by atoms with van der Waals surface area (Å²) in [6.07, 6.45) is 0.314. The Balaban J connectivity index is 1.82. The van der Waals surface area contributed by atoms with E-state index in [-0.39, 0.29) is 6.10 Å². The van der Waals surface area contributed by atoms with Crippen LogP contribution in [-0.4, -0.2) is 5.11 Å². The molecule has 0 saturated carbocycles. The third-order valence-electron chi connectivity index (χ3n) is 2.50. The van der Waals surface area contributed by atoms with Crippen LogP contribution in [0, 0.1) is 0 Å². The summed E-state index contributed by atoms with van der Waals surface area (Å²) < 4.78 is 3.64. The summed E-state index contributed by atoms with van der Waals surface area (Å²) in [4.78, 5) is 2.28. The number of thiophene rings is 3. The summed E-state index contributed by atoms with van der Waals surface area (Å²) in [5, 5.41) is 14.4. The molecule has 0 bridgehead atoms. The van der Waals surface area contributed by atoms with Crippen molar-refractivity contribution >= 4 is 59.3 Å². The zero-order chi connectivity index (χ0) is 11.8. The van der Waals surface area contributed by atoms with Gasteiger partial charge in [-0.2, -0.15) is 0 Å². The quantitative estimate of drug-likeness (QED) is 0.703. The molecular weight excluding hydrogens is 336 g/mol. The van der Waals surface area contributed by atoms with E-state index in [1.54, 1.807) is 34.0 Å². The van der Waals surface area contributed by atoms with Crippen molar-refractivity contribution in [2.45, 2.75) is 12.5 Å². The minimum Gasteiger partial charge on any atom is -0.387 e. The lowest BCUT2D eigenvalue weighted by atomic mass is 10.2. The number of rotatable bonds is 3. The number of hydrogen-bond donors (Lipinski definition) is 1. The second-order valence-electron chi connectivity index (χ2n) is 3.75. The molecule has 1 nitrogen and oxygen atoms in total. The molecule has 0 aliphatic rings. The van der Waals surface area contributed by atoms with Gasteiger partial charge in [-0.05, 0) is 39.5 Å². The van der Waals surface area contributed by atoms with Crippen molar-refractivity contribution in [3.63, 3.8) is 0 Å². The van der Waals surface area contributed by atoms with Crippen LogP contribution in [0.1, 0.15) is 15.9 Å². The van der Waals surface area contributed by atoms with E-state index in [0.717, 1.165) is 9.35 Å². The van der Waals surface area contributed by atoms with Gasteiger partial charge >= 0.3 is 0 Å². The molecule has 1 unspecified atom stereocenters. The summed E-state index contributed by atoms with van der Waals surface area (Å²) >= 11 is 8.54. The lowest BCUT2D eigenvalue weighted by molar-refractivity contribution is 0.183. The standard InChI is InChI=1S/C12H9BrOS3/c13-7-3-8(16-6-7)4-9(14)11-5-12-10(17-11)1-2-15-12/h1-3,5-6,9,14H,4H2. The highest BCUT2D eigenvalue weighted by Gasteiger charge is 2.13. The van der Waals surface area contributed by atoms with Crippen molar-refractivity contribution in [1.29, 1.82) is 0 Å². The molecule has 1 N–H and O–H groups in total. The highest BCUT2D eigenvalue weighted by molar-refractivity contribution is 9.10. The summed E-state index contributed by atoms with van der Waals surface area (Å²) in [6.45, 7) is 0. The van der Waals surface area contributed by atoms with E-state index in [9.17, 15) is 5.11 Å². The molecule has 3 aromatic rings. The smallest absolute Gasteiger partial charge is 0.0930 e. The number of aliphatic hydroxyl groups excluding tert-OH is 1. The summed E-state index contributed by atoms with van der Waals surface area (Å²) in [5.41, 5.74) is 0. The van der Waals surface area contributed by atoms with E-state index in [4.69, 9.17) is 0 Å². The van der Waals surface area contributed by atoms with E-state index >= 15 is 0 Å². The van der Waals surface area contributed by atoms with E-state index in [2.05, 4.69) is 44.9 Å². The maximum absolute atomic E-state index is 10.2. The predicted molar refractivity (Wildman–Crippen MR) is 80.4 cm³/mol. The van der Waals surface area contributed by atoms with Crippen LogP contribution < -0.4 is 0 Å². The fourth-order valence-corrected chi connectivity index (χ4v) is 5.30. The Morgan fingerprint density at radius 2 is 2.12 bits per heavy atom. The molecule has 0 spiro atoms. The van der Waals surface area contributed by atoms with Gasteiger partial charge in [0, 0.05) is 35.4 Å². The molecule has 0 aliphatic heterocycles. The van der Waals surface area contributed by atoms with Gasteiger partial charge in [-0.25, -0.2) is 0 Å². The molecule has 0 aliphatic carbocycles. The lowest BCUT2D eigenvalue weighted by Crippen LogP contribution is -1.97. The molecule has 3 heterocycles. The molecule has 3 aromatic heterocycles. The topological polar surface area (TPSA) is 20.2 Å². The zero-order valence-corrected chi connectivity index (χ0v) is 12.8. The molecule has 0 amide bonds. The highest BCUT2D eigenvalue weighted by atomic mass is 79.9. The number of hydrogen-bond acceptors (Lipinski definition) is 4. The fraction of sp³-hybridized carbons (Fsp3) is 0.167. The zero-order valence-electron chi connectivity index (χ0n) is 8.72. The largest absolute Gasteiger partial charge is 0.387 e. The van der Waals surface area contributed by atoms with Crippen molar-refractivity contribution in [3.8, 4) is 0 Å². The normalized spacial score (nSPS) is 13.3. The van der Waals surface area contributed by atoms with E-state index in [1.165, 1.54) is 14.3 Å². The lowest BCUT2D eigenvalue weighted by Gasteiger charge is -2.05. The summed E-state index contributed by atoms with van der Waals surface area (Å²) in [7, 11) is 0. The second kappa shape index (κ2) is 4.82. The summed E-state index contributed by atoms with van der Waals surface area (Å²) in [6, 6.07) is 6.30. The van der Waals surface area contributed by atoms with Crippen LogP contribution in [0.15, 0.2) is 33.4 Å². The third-order valence-corrected chi connectivity index (χ3v) is 6.42. The second-order valence-corrected chi connectivity index (χ2v) is 7.72. The van der Waals surface area contributed by atoms with Gasteiger partial charge in [0.05, 0.1) is 6.10 Å². The first-order valence-corrected chi connectivity index (χ1v) is 8.47. The first-order valence-electron chi connectivity index (χ1n) is 5.10. The Morgan fingerprint density at radius 1 is 1.24 bits per heavy atom. The molecule has 0 aromatic carbocycles. The van der Waals surface area contributed by atoms with Crippen molar-refractivity contribution in [1.82, 2.24) is 0 Å². The highest BCUT2D eigenvalue weighted by Crippen LogP contribution is 2.35. The van der Waals surface area contributed by atoms with Crippen LogP contribution in [0.4, 0.5) is 0 Å². The van der Waals surface area contributed by atoms with Gasteiger partial charge in [-0.15, -0.1) is 34.0 Å². The maximum atomic E-state index is 10.2. The van der Waals surface area contributed by atoms with Gasteiger partial charge in [-0.1, -0.05) is 0 Å². The molecule has 17 heavy (non-hydrogen) atoms. The fourth-order valence-electron chi connectivity index (χ4n) is 1.70. The molecule has 0 radical (unpaired) electrons. The molecule has 0 saturated heterocycles. The minimum atomic E-state index is -0.384. The molecule has 5 heteroatoms. The van der Waals surface area contributed by atoms with Gasteiger partial charge in [-0.3, -0.25) is 0 Å². The van der Waals surface area contributed by atoms with E-state index in [1.807, 2.05) is 0 Å². The SMILES string of the molecule is OC(Cc1cc(Br)cs1)c1cc2sccc2s1. The van der Waals surface area contributed by atoms with Crippen molar-refractivity contribution < 1.29 is 5.11 Å². The first kappa shape index (κ1) is 11.9. The minimum absolute atomic E-state index is 0.384. The monoisotopic (exact) mass is 344 g/mol. The van der Waals surface area contributed by atoms with Gasteiger partial charge in [0.1, 0.15) is 0 Å². The molecular formula is C12H9BrOS3. The average Bonchev–Trinajstić information content (AvgIpc) is 2.92. The Kier molecular flexibility index (Phi) is 3.36. The van der Waals surface area contributed by atoms with Gasteiger partial charge < -0.3 is 5.11 Å². The van der Waals surface area contributed by atoms with Gasteiger partial charge in [0.15, 0.2) is 0 Å². The van der Waals surface area contributed by atoms with Gasteiger partial charge in [0.2, 0.25) is 0 Å². The number of aliphatic hydroxyl groups is 1. The number of fused-ring (bicyclic) bond motifs is 1. The van der Waals surface area contributed by atoms with Crippen molar-refractivity contribution in [3.05, 3.63) is 43.2 Å². The van der Waals surface area contributed by atoms with Crippen LogP contribution >= 0.6 is 49.9 Å². The van der Waals surface area contributed by atoms with Crippen LogP contribution in [0.3, 0.4) is 0 Å². The Hall–Kier alpha value is -0.200. The van der Waals surface area contributed by atoms with Crippen LogP contribution in [0.2, 0.25) is 0 Å². The van der Waals surface area contributed by atoms with Crippen LogP contribution in [-0.2, 0) is 6.42 Å². The molecule has 1 atom stereocenters. The third kappa shape index (κ3) is 2.48. The van der Waals surface area contributed by atoms with E-state index in [0.29, 0.717) is 6.42 Å². The molecule has 88 valence electrons. The first-order chi connectivity index (χ1) is 8.22. The average molecular weight is 345 g/mol. The maximum Gasteiger partial charge on any atom is 0.0930 e. The van der Waals surface area contributed by atoms with E-state index < -0.39 is 0 Å². The van der Waals surface area contributed by atoms with Gasteiger partial charge in [0.25, 0.3) is 0 Å². The summed E-state index contributed by atoms with van der Waals surface area (Å²) in [5.74, 6) is 0. The Bertz CT molecular complexity index is 608. The van der Waals surface area contributed by atoms with Crippen molar-refractivity contribution in [2.75, 3.05) is 0 Å². The Labute approximate surface area is 119 Å². The molecule has 3 rings (SSSR count). The molecule has 0 fully saturated rings. The Morgan fingerprint density at radius 3 is 2.82 bits per heavy atom. The van der Waals surface area contributed by atoms with Crippen LogP contribution in [0.25, 0.3) is 9.40 Å².